The van der Waals surface area contributed by atoms with Gasteiger partial charge in [-0.2, -0.15) is 5.26 Å². The van der Waals surface area contributed by atoms with E-state index in [1.54, 1.807) is 0 Å². The Morgan fingerprint density at radius 2 is 1.90 bits per heavy atom. The average Bonchev–Trinajstić information content (AvgIpc) is 2.97. The Hall–Kier alpha value is -1.04. The lowest BCUT2D eigenvalue weighted by Gasteiger charge is -2.28. The first-order chi connectivity index (χ1) is 9.71. The number of carbonyl (C=O) groups excluding carboxylic acids is 1. The van der Waals surface area contributed by atoms with Gasteiger partial charge in [-0.3, -0.25) is 4.79 Å². The standard InChI is InChI=1S/C17H26N2O/c18-12-17(7-3-1-2-4-8-17)19-16(20)11-15-10-13-5-6-14(15)9-13/h13-15H,1-11H2,(H,19,20). The summed E-state index contributed by atoms with van der Waals surface area (Å²) in [5.41, 5.74) is -0.564. The first-order valence-corrected chi connectivity index (χ1v) is 8.43. The number of rotatable bonds is 3. The van der Waals surface area contributed by atoms with Crippen molar-refractivity contribution >= 4 is 5.91 Å². The summed E-state index contributed by atoms with van der Waals surface area (Å²) in [7, 11) is 0. The third kappa shape index (κ3) is 2.85. The lowest BCUT2D eigenvalue weighted by molar-refractivity contribution is -0.123. The number of amides is 1. The molecule has 0 aromatic heterocycles. The van der Waals surface area contributed by atoms with Crippen molar-refractivity contribution in [2.75, 3.05) is 0 Å². The second kappa shape index (κ2) is 5.76. The Morgan fingerprint density at radius 3 is 2.45 bits per heavy atom. The lowest BCUT2D eigenvalue weighted by atomic mass is 9.85. The van der Waals surface area contributed by atoms with E-state index in [0.717, 1.165) is 37.5 Å². The van der Waals surface area contributed by atoms with E-state index in [0.29, 0.717) is 12.3 Å². The quantitative estimate of drug-likeness (QED) is 0.800. The molecule has 110 valence electrons. The fraction of sp³-hybridized carbons (Fsp3) is 0.882. The molecule has 0 saturated heterocycles. The summed E-state index contributed by atoms with van der Waals surface area (Å²) in [4.78, 5) is 12.4. The summed E-state index contributed by atoms with van der Waals surface area (Å²) in [6, 6.07) is 2.42. The topological polar surface area (TPSA) is 52.9 Å². The maximum absolute atomic E-state index is 12.4. The predicted octanol–water partition coefficient (Wildman–Crippen LogP) is 3.55. The molecule has 3 rings (SSSR count). The highest BCUT2D eigenvalue weighted by Crippen LogP contribution is 2.49. The maximum Gasteiger partial charge on any atom is 0.221 e. The number of nitrogens with one attached hydrogen (secondary N) is 1. The molecule has 0 spiro atoms. The van der Waals surface area contributed by atoms with Crippen LogP contribution >= 0.6 is 0 Å². The smallest absolute Gasteiger partial charge is 0.221 e. The molecule has 3 saturated carbocycles. The second-order valence-corrected chi connectivity index (χ2v) is 7.30. The van der Waals surface area contributed by atoms with Crippen LogP contribution in [0.4, 0.5) is 0 Å². The van der Waals surface area contributed by atoms with Crippen molar-refractivity contribution in [1.29, 1.82) is 5.26 Å². The SMILES string of the molecule is N#CC1(NC(=O)CC2CC3CCC2C3)CCCCCC1. The van der Waals surface area contributed by atoms with Crippen LogP contribution in [0.3, 0.4) is 0 Å². The minimum absolute atomic E-state index is 0.131. The van der Waals surface area contributed by atoms with Gasteiger partial charge in [0.15, 0.2) is 0 Å². The molecular weight excluding hydrogens is 248 g/mol. The van der Waals surface area contributed by atoms with Gasteiger partial charge in [-0.15, -0.1) is 0 Å². The van der Waals surface area contributed by atoms with Crippen molar-refractivity contribution in [1.82, 2.24) is 5.32 Å². The third-order valence-electron chi connectivity index (χ3n) is 5.88. The number of carbonyl (C=O) groups is 1. The first-order valence-electron chi connectivity index (χ1n) is 8.43. The van der Waals surface area contributed by atoms with E-state index in [1.165, 1.54) is 38.5 Å². The van der Waals surface area contributed by atoms with Crippen LogP contribution in [0.15, 0.2) is 0 Å². The van der Waals surface area contributed by atoms with Gasteiger partial charge in [-0.25, -0.2) is 0 Å². The fourth-order valence-electron chi connectivity index (χ4n) is 4.78. The molecule has 3 nitrogen and oxygen atoms in total. The molecule has 3 atom stereocenters. The molecule has 0 radical (unpaired) electrons. The van der Waals surface area contributed by atoms with Crippen LogP contribution in [0.2, 0.25) is 0 Å². The van der Waals surface area contributed by atoms with Gasteiger partial charge < -0.3 is 5.32 Å². The molecule has 3 unspecified atom stereocenters. The van der Waals surface area contributed by atoms with Crippen molar-refractivity contribution in [3.63, 3.8) is 0 Å². The van der Waals surface area contributed by atoms with Crippen molar-refractivity contribution in [2.45, 2.75) is 76.2 Å². The van der Waals surface area contributed by atoms with Gasteiger partial charge in [-0.05, 0) is 49.9 Å². The lowest BCUT2D eigenvalue weighted by Crippen LogP contribution is -2.47. The van der Waals surface area contributed by atoms with E-state index in [9.17, 15) is 10.1 Å². The van der Waals surface area contributed by atoms with Crippen LogP contribution in [0.5, 0.6) is 0 Å². The van der Waals surface area contributed by atoms with Crippen LogP contribution in [-0.4, -0.2) is 11.4 Å². The molecule has 0 aromatic carbocycles. The van der Waals surface area contributed by atoms with E-state index in [1.807, 2.05) is 0 Å². The molecule has 3 aliphatic carbocycles. The van der Waals surface area contributed by atoms with E-state index in [-0.39, 0.29) is 5.91 Å². The monoisotopic (exact) mass is 274 g/mol. The van der Waals surface area contributed by atoms with Crippen molar-refractivity contribution in [3.05, 3.63) is 0 Å². The fourth-order valence-corrected chi connectivity index (χ4v) is 4.78. The van der Waals surface area contributed by atoms with Crippen LogP contribution in [0, 0.1) is 29.1 Å². The first kappa shape index (κ1) is 13.9. The zero-order valence-electron chi connectivity index (χ0n) is 12.4. The molecule has 0 heterocycles. The molecule has 3 fully saturated rings. The summed E-state index contributed by atoms with van der Waals surface area (Å²) in [6.45, 7) is 0. The molecular formula is C17H26N2O. The largest absolute Gasteiger partial charge is 0.338 e. The van der Waals surface area contributed by atoms with Crippen LogP contribution < -0.4 is 5.32 Å². The van der Waals surface area contributed by atoms with E-state index >= 15 is 0 Å². The van der Waals surface area contributed by atoms with Gasteiger partial charge in [0.25, 0.3) is 0 Å². The Labute approximate surface area is 122 Å². The normalized spacial score (nSPS) is 35.2. The molecule has 20 heavy (non-hydrogen) atoms. The number of nitrogens with zero attached hydrogens (tertiary/aromatic N) is 1. The van der Waals surface area contributed by atoms with Crippen LogP contribution in [0.1, 0.15) is 70.6 Å². The zero-order valence-corrected chi connectivity index (χ0v) is 12.4. The highest BCUT2D eigenvalue weighted by molar-refractivity contribution is 5.77. The third-order valence-corrected chi connectivity index (χ3v) is 5.88. The summed E-state index contributed by atoms with van der Waals surface area (Å²) in [5, 5.41) is 12.6. The van der Waals surface area contributed by atoms with Gasteiger partial charge in [0.1, 0.15) is 5.54 Å². The summed E-state index contributed by atoms with van der Waals surface area (Å²) < 4.78 is 0. The minimum Gasteiger partial charge on any atom is -0.338 e. The molecule has 1 amide bonds. The summed E-state index contributed by atoms with van der Waals surface area (Å²) >= 11 is 0. The highest BCUT2D eigenvalue weighted by atomic mass is 16.1. The van der Waals surface area contributed by atoms with Gasteiger partial charge in [0.2, 0.25) is 5.91 Å². The number of hydrogen-bond acceptors (Lipinski definition) is 2. The maximum atomic E-state index is 12.4. The zero-order chi connectivity index (χ0) is 14.0. The molecule has 1 N–H and O–H groups in total. The molecule has 0 aromatic rings. The van der Waals surface area contributed by atoms with E-state index in [4.69, 9.17) is 0 Å². The highest BCUT2D eigenvalue weighted by Gasteiger charge is 2.41. The number of fused-ring (bicyclic) bond motifs is 2. The van der Waals surface area contributed by atoms with E-state index < -0.39 is 5.54 Å². The van der Waals surface area contributed by atoms with Gasteiger partial charge in [0, 0.05) is 6.42 Å². The van der Waals surface area contributed by atoms with Crippen molar-refractivity contribution < 1.29 is 4.79 Å². The van der Waals surface area contributed by atoms with Gasteiger partial charge in [0.05, 0.1) is 6.07 Å². The van der Waals surface area contributed by atoms with Gasteiger partial charge in [-0.1, -0.05) is 32.1 Å². The number of hydrogen-bond donors (Lipinski definition) is 1. The van der Waals surface area contributed by atoms with E-state index in [2.05, 4.69) is 11.4 Å². The Balaban J connectivity index is 1.56. The molecule has 3 aliphatic rings. The average molecular weight is 274 g/mol. The number of nitriles is 1. The molecule has 3 heteroatoms. The van der Waals surface area contributed by atoms with Crippen LogP contribution in [-0.2, 0) is 4.79 Å². The van der Waals surface area contributed by atoms with Gasteiger partial charge >= 0.3 is 0 Å². The minimum atomic E-state index is -0.564. The van der Waals surface area contributed by atoms with Crippen molar-refractivity contribution in [2.24, 2.45) is 17.8 Å². The van der Waals surface area contributed by atoms with Crippen molar-refractivity contribution in [3.8, 4) is 6.07 Å². The Kier molecular flexibility index (Phi) is 4.01. The molecule has 0 aliphatic heterocycles. The second-order valence-electron chi connectivity index (χ2n) is 7.30. The van der Waals surface area contributed by atoms with Crippen LogP contribution in [0.25, 0.3) is 0 Å². The molecule has 2 bridgehead atoms. The Morgan fingerprint density at radius 1 is 1.15 bits per heavy atom. The predicted molar refractivity (Wildman–Crippen MR) is 77.7 cm³/mol. The summed E-state index contributed by atoms with van der Waals surface area (Å²) in [5.74, 6) is 2.40. The summed E-state index contributed by atoms with van der Waals surface area (Å²) in [6.07, 6.45) is 12.2. The Bertz CT molecular complexity index is 404.